The first-order chi connectivity index (χ1) is 18.4. The molecule has 0 saturated heterocycles. The van der Waals surface area contributed by atoms with Gasteiger partial charge in [-0.25, -0.2) is 0 Å². The minimum absolute atomic E-state index is 0.0685. The second kappa shape index (κ2) is 15.1. The molecular formula is C26H34F5N3O4S. The van der Waals surface area contributed by atoms with E-state index in [2.05, 4.69) is 17.3 Å². The van der Waals surface area contributed by atoms with E-state index in [0.29, 0.717) is 47.3 Å². The maximum atomic E-state index is 13.2. The molecule has 0 atom stereocenters. The van der Waals surface area contributed by atoms with Gasteiger partial charge in [0.1, 0.15) is 5.75 Å². The summed E-state index contributed by atoms with van der Waals surface area (Å²) in [6, 6.07) is 4.48. The molecule has 39 heavy (non-hydrogen) atoms. The minimum Gasteiger partial charge on any atom is -0.434 e. The Kier molecular flexibility index (Phi) is 12.5. The lowest BCUT2D eigenvalue weighted by Gasteiger charge is -2.26. The maximum absolute atomic E-state index is 13.2. The van der Waals surface area contributed by atoms with E-state index in [1.807, 2.05) is 6.92 Å². The number of aromatic nitrogens is 2. The van der Waals surface area contributed by atoms with Crippen molar-refractivity contribution in [2.45, 2.75) is 85.0 Å². The van der Waals surface area contributed by atoms with Crippen LogP contribution in [0, 0.1) is 18.8 Å². The maximum Gasteiger partial charge on any atom is 0.389 e. The van der Waals surface area contributed by atoms with Crippen LogP contribution >= 0.6 is 0 Å². The highest BCUT2D eigenvalue weighted by Crippen LogP contribution is 2.36. The Hall–Kier alpha value is -2.83. The number of hydrogen-bond acceptors (Lipinski definition) is 5. The first-order valence-electron chi connectivity index (χ1n) is 12.8. The zero-order valence-corrected chi connectivity index (χ0v) is 23.0. The van der Waals surface area contributed by atoms with E-state index in [9.17, 15) is 26.7 Å². The second-order valence-corrected chi connectivity index (χ2v) is 9.86. The molecule has 0 spiro atoms. The van der Waals surface area contributed by atoms with Gasteiger partial charge in [0.2, 0.25) is 0 Å². The number of rotatable bonds is 10. The lowest BCUT2D eigenvalue weighted by molar-refractivity contribution is -0.135. The number of carbonyl (C=O) groups is 1. The Morgan fingerprint density at radius 2 is 1.85 bits per heavy atom. The summed E-state index contributed by atoms with van der Waals surface area (Å²) in [7, 11) is 0. The topological polar surface area (TPSA) is 90.3 Å². The highest BCUT2D eigenvalue weighted by Gasteiger charge is 2.27. The molecule has 1 aliphatic rings. The van der Waals surface area contributed by atoms with Crippen molar-refractivity contribution in [1.82, 2.24) is 15.1 Å². The van der Waals surface area contributed by atoms with E-state index < -0.39 is 30.8 Å². The molecule has 7 nitrogen and oxygen atoms in total. The van der Waals surface area contributed by atoms with Crippen LogP contribution < -0.4 is 10.1 Å². The number of alkyl halides is 5. The van der Waals surface area contributed by atoms with Gasteiger partial charge in [0.05, 0.1) is 5.69 Å². The molecule has 1 heterocycles. The number of carbonyl (C=O) groups excluding carboxylic acids is 1. The predicted octanol–water partition coefficient (Wildman–Crippen LogP) is 6.25. The number of benzene rings is 1. The van der Waals surface area contributed by atoms with Gasteiger partial charge >= 0.3 is 24.4 Å². The lowest BCUT2D eigenvalue weighted by Crippen LogP contribution is -2.31. The molecule has 1 fully saturated rings. The van der Waals surface area contributed by atoms with Crippen molar-refractivity contribution in [2.24, 2.45) is 11.8 Å². The third-order valence-corrected chi connectivity index (χ3v) is 6.83. The molecule has 0 radical (unpaired) electrons. The van der Waals surface area contributed by atoms with E-state index in [-0.39, 0.29) is 30.2 Å². The lowest BCUT2D eigenvalue weighted by atomic mass is 9.83. The first-order valence-corrected chi connectivity index (χ1v) is 13.5. The quantitative estimate of drug-likeness (QED) is 0.336. The highest BCUT2D eigenvalue weighted by molar-refractivity contribution is 7.51. The molecule has 218 valence electrons. The molecule has 1 aromatic heterocycles. The van der Waals surface area contributed by atoms with Crippen LogP contribution in [0.4, 0.5) is 22.0 Å². The number of nitrogens with zero attached hydrogens (tertiary/aromatic N) is 2. The van der Waals surface area contributed by atoms with Crippen molar-refractivity contribution in [3.05, 3.63) is 35.0 Å². The number of halogens is 5. The van der Waals surface area contributed by atoms with Crippen molar-refractivity contribution >= 4 is 17.5 Å². The molecule has 1 saturated carbocycles. The van der Waals surface area contributed by atoms with Gasteiger partial charge in [0.15, 0.2) is 5.69 Å². The molecule has 1 N–H and O–H groups in total. The number of ether oxygens (including phenoxy) is 1. The molecule has 0 bridgehead atoms. The molecular weight excluding hydrogens is 545 g/mol. The zero-order chi connectivity index (χ0) is 29.2. The molecule has 0 aliphatic heterocycles. The van der Waals surface area contributed by atoms with Gasteiger partial charge in [0.25, 0.3) is 5.91 Å². The van der Waals surface area contributed by atoms with Gasteiger partial charge in [-0.2, -0.15) is 35.5 Å². The van der Waals surface area contributed by atoms with Crippen molar-refractivity contribution in [2.75, 3.05) is 6.54 Å². The van der Waals surface area contributed by atoms with Crippen LogP contribution in [-0.2, 0) is 24.5 Å². The Morgan fingerprint density at radius 3 is 2.41 bits per heavy atom. The third-order valence-electron chi connectivity index (χ3n) is 6.83. The Morgan fingerprint density at radius 1 is 1.21 bits per heavy atom. The summed E-state index contributed by atoms with van der Waals surface area (Å²) in [6.45, 7) is 3.58. The Bertz CT molecular complexity index is 1130. The van der Waals surface area contributed by atoms with E-state index in [1.54, 1.807) is 23.7 Å². The molecule has 1 amide bonds. The van der Waals surface area contributed by atoms with Gasteiger partial charge in [-0.15, -0.1) is 0 Å². The summed E-state index contributed by atoms with van der Waals surface area (Å²) in [4.78, 5) is 13.0. The van der Waals surface area contributed by atoms with Gasteiger partial charge in [0, 0.05) is 30.6 Å². The molecule has 0 unspecified atom stereocenters. The number of aryl methyl sites for hydroxylation is 2. The number of hydrogen-bond donors (Lipinski definition) is 1. The standard InChI is InChI=1S/C26H34F5N3O2.O2S/c1-4-34-23(17(3)22(33-34)24(35)32-15-19-9-7-16(2)8-10-19)20-12-11-18(6-5-13-26(29,30)31)14-21(20)36-25(27)28;1-3-2/h11-12,14,16,19,25H,4-10,13,15H2,1-3H3,(H,32,35);. The van der Waals surface area contributed by atoms with Crippen LogP contribution in [0.25, 0.3) is 11.3 Å². The predicted molar refractivity (Wildman–Crippen MR) is 136 cm³/mol. The van der Waals surface area contributed by atoms with E-state index in [1.165, 1.54) is 6.07 Å². The summed E-state index contributed by atoms with van der Waals surface area (Å²) in [5, 5.41) is 7.41. The summed E-state index contributed by atoms with van der Waals surface area (Å²) in [5.74, 6) is 0.659. The van der Waals surface area contributed by atoms with Crippen molar-refractivity contribution in [3.63, 3.8) is 0 Å². The smallest absolute Gasteiger partial charge is 0.389 e. The highest BCUT2D eigenvalue weighted by atomic mass is 32.1. The van der Waals surface area contributed by atoms with Crippen molar-refractivity contribution in [3.8, 4) is 17.0 Å². The van der Waals surface area contributed by atoms with Crippen LogP contribution in [0.15, 0.2) is 18.2 Å². The average molecular weight is 580 g/mol. The fourth-order valence-corrected chi connectivity index (χ4v) is 4.80. The fraction of sp³-hybridized carbons (Fsp3) is 0.615. The molecule has 1 aromatic carbocycles. The molecule has 3 rings (SSSR count). The van der Waals surface area contributed by atoms with Crippen LogP contribution in [0.1, 0.15) is 74.0 Å². The second-order valence-electron chi connectivity index (χ2n) is 9.72. The SMILES string of the molecule is CCn1nc(C(=O)NCC2CCC(C)CC2)c(C)c1-c1ccc(CCCC(F)(F)F)cc1OC(F)F.O=S=O. The van der Waals surface area contributed by atoms with Gasteiger partial charge in [-0.1, -0.05) is 25.8 Å². The van der Waals surface area contributed by atoms with E-state index >= 15 is 0 Å². The number of amides is 1. The minimum atomic E-state index is -4.28. The van der Waals surface area contributed by atoms with Gasteiger partial charge in [-0.05, 0) is 69.1 Å². The molecule has 13 heteroatoms. The van der Waals surface area contributed by atoms with Gasteiger partial charge in [-0.3, -0.25) is 9.48 Å². The molecule has 2 aromatic rings. The largest absolute Gasteiger partial charge is 0.434 e. The normalized spacial score (nSPS) is 17.4. The average Bonchev–Trinajstić information content (AvgIpc) is 3.19. The Labute approximate surface area is 228 Å². The zero-order valence-electron chi connectivity index (χ0n) is 22.2. The van der Waals surface area contributed by atoms with Crippen molar-refractivity contribution in [1.29, 1.82) is 0 Å². The van der Waals surface area contributed by atoms with E-state index in [4.69, 9.17) is 13.2 Å². The third kappa shape index (κ3) is 10.0. The van der Waals surface area contributed by atoms with Crippen LogP contribution in [0.5, 0.6) is 5.75 Å². The van der Waals surface area contributed by atoms with Crippen LogP contribution in [0.3, 0.4) is 0 Å². The number of nitrogens with one attached hydrogen (secondary N) is 1. The fourth-order valence-electron chi connectivity index (χ4n) is 4.80. The summed E-state index contributed by atoms with van der Waals surface area (Å²) in [6.07, 6.45) is -0.899. The van der Waals surface area contributed by atoms with E-state index in [0.717, 1.165) is 25.7 Å². The first kappa shape index (κ1) is 32.4. The van der Waals surface area contributed by atoms with Crippen molar-refractivity contribution < 1.29 is 39.9 Å². The summed E-state index contributed by atoms with van der Waals surface area (Å²) in [5.41, 5.74) is 1.97. The summed E-state index contributed by atoms with van der Waals surface area (Å²) >= 11 is -0.750. The Balaban J connectivity index is 0.00000170. The van der Waals surface area contributed by atoms with Gasteiger partial charge < -0.3 is 10.1 Å². The summed E-state index contributed by atoms with van der Waals surface area (Å²) < 4.78 is 86.8. The van der Waals surface area contributed by atoms with Crippen LogP contribution in [0.2, 0.25) is 0 Å². The monoisotopic (exact) mass is 579 g/mol. The van der Waals surface area contributed by atoms with Crippen LogP contribution in [-0.4, -0.2) is 43.4 Å². The molecule has 1 aliphatic carbocycles.